The summed E-state index contributed by atoms with van der Waals surface area (Å²) in [5, 5.41) is 7.39. The zero-order valence-corrected chi connectivity index (χ0v) is 3.36. The van der Waals surface area contributed by atoms with Crippen molar-refractivity contribution < 1.29 is 9.93 Å². The molecule has 2 nitrogen and oxygen atoms in total. The minimum atomic E-state index is 0.196. The summed E-state index contributed by atoms with van der Waals surface area (Å²) in [4.78, 5) is 0. The molecule has 0 spiro atoms. The summed E-state index contributed by atoms with van der Waals surface area (Å²) in [6, 6.07) is 0. The molecule has 0 aliphatic heterocycles. The molecule has 0 aliphatic rings. The first-order valence-corrected chi connectivity index (χ1v) is 2.29. The predicted octanol–water partition coefficient (Wildman–Crippen LogP) is 0.699. The summed E-state index contributed by atoms with van der Waals surface area (Å²) < 4.78 is 3.57. The van der Waals surface area contributed by atoms with E-state index in [-0.39, 0.29) is 8.81 Å². The number of hydrogen-bond acceptors (Lipinski definition) is 2. The third-order valence-electron chi connectivity index (χ3n) is 0.0913. The molecule has 1 atom stereocenters. The number of rotatable bonds is 1. The topological polar surface area (TPSA) is 29.5 Å². The Balaban J connectivity index is 1.97. The van der Waals surface area contributed by atoms with E-state index in [1.807, 2.05) is 0 Å². The Hall–Kier alpha value is 0.350. The van der Waals surface area contributed by atoms with E-state index in [1.165, 1.54) is 0 Å². The summed E-state index contributed by atoms with van der Waals surface area (Å²) in [6.45, 7) is 1.74. The molecule has 0 bridgehead atoms. The van der Waals surface area contributed by atoms with Crippen molar-refractivity contribution in [2.75, 3.05) is 6.66 Å². The predicted molar refractivity (Wildman–Crippen MR) is 18.0 cm³/mol. The molecule has 1 unspecified atom stereocenters. The van der Waals surface area contributed by atoms with E-state index >= 15 is 0 Å². The molecule has 0 radical (unpaired) electrons. The highest BCUT2D eigenvalue weighted by Gasteiger charge is 1.54. The molecule has 0 rings (SSSR count). The lowest BCUT2D eigenvalue weighted by Crippen LogP contribution is -1.51. The molecule has 0 aromatic carbocycles. The average molecular weight is 80.0 g/mol. The van der Waals surface area contributed by atoms with Crippen molar-refractivity contribution in [1.29, 1.82) is 0 Å². The first-order chi connectivity index (χ1) is 1.91. The highest BCUT2D eigenvalue weighted by molar-refractivity contribution is 7.30. The van der Waals surface area contributed by atoms with Gasteiger partial charge in [0.1, 0.15) is 0 Å². The lowest BCUT2D eigenvalue weighted by atomic mass is 12.0. The van der Waals surface area contributed by atoms with Gasteiger partial charge in [0.2, 0.25) is 0 Å². The smallest absolute Gasteiger partial charge is 0.0530 e. The van der Waals surface area contributed by atoms with Crippen LogP contribution in [0.2, 0.25) is 0 Å². The Labute approximate surface area is 26.6 Å². The van der Waals surface area contributed by atoms with Crippen LogP contribution >= 0.6 is 8.81 Å². The van der Waals surface area contributed by atoms with Gasteiger partial charge in [0.25, 0.3) is 0 Å². The van der Waals surface area contributed by atoms with Gasteiger partial charge in [-0.25, -0.2) is 9.93 Å². The molecular weight excluding hydrogens is 75.0 g/mol. The van der Waals surface area contributed by atoms with E-state index in [1.54, 1.807) is 6.66 Å². The van der Waals surface area contributed by atoms with Gasteiger partial charge in [0.05, 0.1) is 8.81 Å². The van der Waals surface area contributed by atoms with Gasteiger partial charge in [-0.1, -0.05) is 0 Å². The van der Waals surface area contributed by atoms with E-state index < -0.39 is 0 Å². The Bertz CT molecular complexity index is 8.00. The van der Waals surface area contributed by atoms with Crippen molar-refractivity contribution in [1.82, 2.24) is 0 Å². The molecule has 0 aromatic rings. The van der Waals surface area contributed by atoms with Gasteiger partial charge in [-0.3, -0.25) is 0 Å². The van der Waals surface area contributed by atoms with E-state index in [9.17, 15) is 0 Å². The fourth-order valence-corrected chi connectivity index (χ4v) is 0. The van der Waals surface area contributed by atoms with Crippen molar-refractivity contribution in [2.24, 2.45) is 0 Å². The van der Waals surface area contributed by atoms with Crippen LogP contribution in [0.15, 0.2) is 0 Å². The first kappa shape index (κ1) is 4.35. The fourth-order valence-electron chi connectivity index (χ4n) is 0. The van der Waals surface area contributed by atoms with Gasteiger partial charge in [-0.15, -0.1) is 0 Å². The maximum atomic E-state index is 7.39. The fraction of sp³-hybridized carbons (Fsp3) is 1.00. The van der Waals surface area contributed by atoms with Crippen molar-refractivity contribution in [2.45, 2.75) is 0 Å². The molecule has 0 aliphatic carbocycles. The van der Waals surface area contributed by atoms with E-state index in [4.69, 9.17) is 5.26 Å². The van der Waals surface area contributed by atoms with Crippen LogP contribution in [0.1, 0.15) is 0 Å². The standard InChI is InChI=1S/CH5O2P/c1-4-3-2/h2,4H,1H3. The second kappa shape index (κ2) is 3.35. The van der Waals surface area contributed by atoms with Crippen molar-refractivity contribution in [3.63, 3.8) is 0 Å². The maximum absolute atomic E-state index is 7.39. The molecule has 1 N–H and O–H groups in total. The van der Waals surface area contributed by atoms with Gasteiger partial charge in [0, 0.05) is 0 Å². The normalized spacial score (nSPS) is 10.5. The van der Waals surface area contributed by atoms with Crippen LogP contribution in [0.5, 0.6) is 0 Å². The van der Waals surface area contributed by atoms with E-state index in [0.29, 0.717) is 0 Å². The summed E-state index contributed by atoms with van der Waals surface area (Å²) in [5.41, 5.74) is 0. The van der Waals surface area contributed by atoms with Gasteiger partial charge >= 0.3 is 0 Å². The molecule has 3 heteroatoms. The lowest BCUT2D eigenvalue weighted by molar-refractivity contribution is -0.122. The Kier molecular flexibility index (Phi) is 3.64. The molecular formula is CH5O2P. The van der Waals surface area contributed by atoms with Crippen molar-refractivity contribution >= 4 is 8.81 Å². The zero-order valence-electron chi connectivity index (χ0n) is 2.36. The van der Waals surface area contributed by atoms with E-state index in [0.717, 1.165) is 0 Å². The Morgan fingerprint density at radius 1 is 2.00 bits per heavy atom. The summed E-state index contributed by atoms with van der Waals surface area (Å²) in [5.74, 6) is 0. The van der Waals surface area contributed by atoms with Crippen molar-refractivity contribution in [3.05, 3.63) is 0 Å². The lowest BCUT2D eigenvalue weighted by Gasteiger charge is -1.73. The third kappa shape index (κ3) is 2.35. The average Bonchev–Trinajstić information content (AvgIpc) is 1.37. The zero-order chi connectivity index (χ0) is 3.41. The quantitative estimate of drug-likeness (QED) is 0.285. The maximum Gasteiger partial charge on any atom is 0.0530 e. The van der Waals surface area contributed by atoms with Gasteiger partial charge in [-0.2, -0.15) is 0 Å². The Morgan fingerprint density at radius 3 is 2.25 bits per heavy atom. The molecule has 26 valence electrons. The van der Waals surface area contributed by atoms with Gasteiger partial charge in [-0.05, 0) is 6.66 Å². The van der Waals surface area contributed by atoms with Gasteiger partial charge < -0.3 is 0 Å². The van der Waals surface area contributed by atoms with Crippen LogP contribution < -0.4 is 0 Å². The van der Waals surface area contributed by atoms with Gasteiger partial charge in [0.15, 0.2) is 0 Å². The molecule has 0 amide bonds. The summed E-state index contributed by atoms with van der Waals surface area (Å²) >= 11 is 0. The first-order valence-electron chi connectivity index (χ1n) is 0.887. The molecule has 0 heterocycles. The Morgan fingerprint density at radius 2 is 2.25 bits per heavy atom. The van der Waals surface area contributed by atoms with Crippen LogP contribution in [0.25, 0.3) is 0 Å². The molecule has 0 saturated carbocycles. The van der Waals surface area contributed by atoms with Crippen LogP contribution in [0.4, 0.5) is 0 Å². The summed E-state index contributed by atoms with van der Waals surface area (Å²) in [6.07, 6.45) is 0. The number of hydrogen-bond donors (Lipinski definition) is 1. The van der Waals surface area contributed by atoms with Crippen molar-refractivity contribution in [3.8, 4) is 0 Å². The highest BCUT2D eigenvalue weighted by atomic mass is 31.1. The largest absolute Gasteiger partial charge is 0.249 e. The molecule has 0 aromatic heterocycles. The SMILES string of the molecule is CPOO. The minimum Gasteiger partial charge on any atom is -0.249 e. The van der Waals surface area contributed by atoms with E-state index in [2.05, 4.69) is 4.67 Å². The van der Waals surface area contributed by atoms with Crippen LogP contribution in [0, 0.1) is 0 Å². The monoisotopic (exact) mass is 80.0 g/mol. The van der Waals surface area contributed by atoms with Crippen LogP contribution in [-0.4, -0.2) is 11.9 Å². The highest BCUT2D eigenvalue weighted by Crippen LogP contribution is 1.96. The second-order valence-electron chi connectivity index (χ2n) is 0.295. The van der Waals surface area contributed by atoms with Crippen LogP contribution in [-0.2, 0) is 4.67 Å². The molecule has 4 heavy (non-hydrogen) atoms. The molecule has 0 saturated heterocycles. The molecule has 0 fully saturated rings. The second-order valence-corrected chi connectivity index (χ2v) is 0.886. The van der Waals surface area contributed by atoms with Crippen LogP contribution in [0.3, 0.4) is 0 Å². The summed E-state index contributed by atoms with van der Waals surface area (Å²) in [7, 11) is 0.196. The third-order valence-corrected chi connectivity index (χ3v) is 0.274. The minimum absolute atomic E-state index is 0.196.